The average Bonchev–Trinajstić information content (AvgIpc) is 2.18. The highest BCUT2D eigenvalue weighted by molar-refractivity contribution is 5.27. The first-order valence-corrected chi connectivity index (χ1v) is 5.36. The van der Waals surface area contributed by atoms with E-state index in [2.05, 4.69) is 18.0 Å². The summed E-state index contributed by atoms with van der Waals surface area (Å²) in [4.78, 5) is 4.42. The van der Waals surface area contributed by atoms with Gasteiger partial charge in [-0.25, -0.2) is 0 Å². The second-order valence-electron chi connectivity index (χ2n) is 4.29. The lowest BCUT2D eigenvalue weighted by Crippen LogP contribution is -2.18. The molecule has 1 aliphatic rings. The van der Waals surface area contributed by atoms with Gasteiger partial charge in [-0.3, -0.25) is 4.98 Å². The van der Waals surface area contributed by atoms with Crippen LogP contribution in [-0.2, 0) is 6.42 Å². The molecule has 0 saturated carbocycles. The summed E-state index contributed by atoms with van der Waals surface area (Å²) in [5, 5.41) is 9.01. The largest absolute Gasteiger partial charge is 0.396 e. The van der Waals surface area contributed by atoms with Gasteiger partial charge in [-0.1, -0.05) is 13.0 Å². The summed E-state index contributed by atoms with van der Waals surface area (Å²) >= 11 is 0. The molecule has 14 heavy (non-hydrogen) atoms. The van der Waals surface area contributed by atoms with Gasteiger partial charge in [0, 0.05) is 18.5 Å². The van der Waals surface area contributed by atoms with Crippen LogP contribution in [0, 0.1) is 5.92 Å². The number of nitrogens with zero attached hydrogens (tertiary/aromatic N) is 1. The van der Waals surface area contributed by atoms with E-state index in [1.165, 1.54) is 17.7 Å². The Bertz CT molecular complexity index is 311. The number of hydrogen-bond donors (Lipinski definition) is 1. The molecule has 2 nitrogen and oxygen atoms in total. The van der Waals surface area contributed by atoms with Crippen molar-refractivity contribution >= 4 is 0 Å². The van der Waals surface area contributed by atoms with Crippen molar-refractivity contribution in [2.24, 2.45) is 5.92 Å². The number of aromatic nitrogens is 1. The van der Waals surface area contributed by atoms with Crippen LogP contribution in [0.5, 0.6) is 0 Å². The molecule has 1 N–H and O–H groups in total. The summed E-state index contributed by atoms with van der Waals surface area (Å²) in [6, 6.07) is 4.16. The Morgan fingerprint density at radius 2 is 2.43 bits per heavy atom. The topological polar surface area (TPSA) is 33.1 Å². The van der Waals surface area contributed by atoms with E-state index in [0.29, 0.717) is 11.8 Å². The molecule has 1 heterocycles. The number of aliphatic hydroxyl groups is 1. The highest BCUT2D eigenvalue weighted by Crippen LogP contribution is 2.35. The number of aliphatic hydroxyl groups excluding tert-OH is 1. The highest BCUT2D eigenvalue weighted by atomic mass is 16.3. The number of hydrogen-bond acceptors (Lipinski definition) is 2. The van der Waals surface area contributed by atoms with E-state index in [4.69, 9.17) is 5.11 Å². The van der Waals surface area contributed by atoms with Crippen LogP contribution in [-0.4, -0.2) is 16.7 Å². The Kier molecular flexibility index (Phi) is 2.82. The van der Waals surface area contributed by atoms with E-state index >= 15 is 0 Å². The minimum atomic E-state index is 0.283. The van der Waals surface area contributed by atoms with Crippen LogP contribution < -0.4 is 0 Å². The average molecular weight is 191 g/mol. The summed E-state index contributed by atoms with van der Waals surface area (Å²) in [6.45, 7) is 2.55. The lowest BCUT2D eigenvalue weighted by atomic mass is 9.78. The van der Waals surface area contributed by atoms with Gasteiger partial charge >= 0.3 is 0 Å². The van der Waals surface area contributed by atoms with E-state index < -0.39 is 0 Å². The number of rotatable bonds is 2. The van der Waals surface area contributed by atoms with Gasteiger partial charge in [-0.05, 0) is 42.7 Å². The molecule has 0 aromatic carbocycles. The maximum absolute atomic E-state index is 9.01. The van der Waals surface area contributed by atoms with E-state index in [9.17, 15) is 0 Å². The molecule has 0 unspecified atom stereocenters. The molecule has 0 amide bonds. The quantitative estimate of drug-likeness (QED) is 0.776. The van der Waals surface area contributed by atoms with Crippen molar-refractivity contribution < 1.29 is 5.11 Å². The van der Waals surface area contributed by atoms with Gasteiger partial charge in [-0.15, -0.1) is 0 Å². The normalized spacial score (nSPS) is 25.9. The van der Waals surface area contributed by atoms with Crippen molar-refractivity contribution in [3.63, 3.8) is 0 Å². The summed E-state index contributed by atoms with van der Waals surface area (Å²) in [5.74, 6) is 1.22. The SMILES string of the molecule is C[C@H]1Cc2ncccc2[C@@H](CCO)C1. The standard InChI is InChI=1S/C12H17NO/c1-9-7-10(4-6-14)11-3-2-5-13-12(11)8-9/h2-3,5,9-10,14H,4,6-8H2,1H3/t9-,10+/m1/s1. The molecule has 0 bridgehead atoms. The summed E-state index contributed by atoms with van der Waals surface area (Å²) in [7, 11) is 0. The fourth-order valence-electron chi connectivity index (χ4n) is 2.45. The molecule has 1 aromatic heterocycles. The minimum Gasteiger partial charge on any atom is -0.396 e. The van der Waals surface area contributed by atoms with Crippen LogP contribution in [0.1, 0.15) is 36.9 Å². The first-order chi connectivity index (χ1) is 6.81. The van der Waals surface area contributed by atoms with Crippen LogP contribution in [0.25, 0.3) is 0 Å². The fraction of sp³-hybridized carbons (Fsp3) is 0.583. The maximum Gasteiger partial charge on any atom is 0.0441 e. The molecule has 1 aliphatic carbocycles. The predicted octanol–water partition coefficient (Wildman–Crippen LogP) is 2.13. The van der Waals surface area contributed by atoms with Gasteiger partial charge in [0.05, 0.1) is 0 Å². The third-order valence-electron chi connectivity index (χ3n) is 3.07. The Balaban J connectivity index is 2.28. The molecule has 1 aromatic rings. The Morgan fingerprint density at radius 3 is 3.21 bits per heavy atom. The minimum absolute atomic E-state index is 0.283. The summed E-state index contributed by atoms with van der Waals surface area (Å²) < 4.78 is 0. The third kappa shape index (κ3) is 1.80. The van der Waals surface area contributed by atoms with E-state index in [1.54, 1.807) is 0 Å². The van der Waals surface area contributed by atoms with Gasteiger partial charge in [0.15, 0.2) is 0 Å². The molecule has 2 rings (SSSR count). The molecule has 0 saturated heterocycles. The van der Waals surface area contributed by atoms with Gasteiger partial charge in [0.1, 0.15) is 0 Å². The van der Waals surface area contributed by atoms with Crippen molar-refractivity contribution in [1.82, 2.24) is 4.98 Å². The van der Waals surface area contributed by atoms with Crippen molar-refractivity contribution in [2.45, 2.75) is 32.1 Å². The van der Waals surface area contributed by atoms with Crippen LogP contribution in [0.15, 0.2) is 18.3 Å². The van der Waals surface area contributed by atoms with Crippen LogP contribution >= 0.6 is 0 Å². The Morgan fingerprint density at radius 1 is 1.57 bits per heavy atom. The van der Waals surface area contributed by atoms with E-state index in [-0.39, 0.29) is 6.61 Å². The lowest BCUT2D eigenvalue weighted by Gasteiger charge is -2.28. The molecule has 0 fully saturated rings. The molecule has 76 valence electrons. The first-order valence-electron chi connectivity index (χ1n) is 5.36. The van der Waals surface area contributed by atoms with Crippen LogP contribution in [0.3, 0.4) is 0 Å². The van der Waals surface area contributed by atoms with E-state index in [0.717, 1.165) is 12.8 Å². The Hall–Kier alpha value is -0.890. The molecule has 0 aliphatic heterocycles. The zero-order valence-electron chi connectivity index (χ0n) is 8.61. The van der Waals surface area contributed by atoms with Crippen LogP contribution in [0.2, 0.25) is 0 Å². The van der Waals surface area contributed by atoms with Gasteiger partial charge in [0.25, 0.3) is 0 Å². The zero-order chi connectivity index (χ0) is 9.97. The molecular formula is C12H17NO. The second kappa shape index (κ2) is 4.09. The highest BCUT2D eigenvalue weighted by Gasteiger charge is 2.24. The summed E-state index contributed by atoms with van der Waals surface area (Å²) in [5.41, 5.74) is 2.60. The monoisotopic (exact) mass is 191 g/mol. The Labute approximate surface area is 85.0 Å². The van der Waals surface area contributed by atoms with Gasteiger partial charge in [0.2, 0.25) is 0 Å². The number of pyridine rings is 1. The van der Waals surface area contributed by atoms with Crippen molar-refractivity contribution in [3.8, 4) is 0 Å². The van der Waals surface area contributed by atoms with Crippen molar-refractivity contribution in [3.05, 3.63) is 29.6 Å². The van der Waals surface area contributed by atoms with Crippen molar-refractivity contribution in [2.75, 3.05) is 6.61 Å². The van der Waals surface area contributed by atoms with E-state index in [1.807, 2.05) is 12.3 Å². The lowest BCUT2D eigenvalue weighted by molar-refractivity contribution is 0.261. The molecule has 0 radical (unpaired) electrons. The maximum atomic E-state index is 9.01. The number of fused-ring (bicyclic) bond motifs is 1. The predicted molar refractivity (Wildman–Crippen MR) is 56.2 cm³/mol. The molecular weight excluding hydrogens is 174 g/mol. The van der Waals surface area contributed by atoms with Crippen LogP contribution in [0.4, 0.5) is 0 Å². The smallest absolute Gasteiger partial charge is 0.0441 e. The molecule has 0 spiro atoms. The van der Waals surface area contributed by atoms with Gasteiger partial charge in [-0.2, -0.15) is 0 Å². The zero-order valence-corrected chi connectivity index (χ0v) is 8.61. The first kappa shape index (κ1) is 9.66. The fourth-order valence-corrected chi connectivity index (χ4v) is 2.45. The summed E-state index contributed by atoms with van der Waals surface area (Å²) in [6.07, 6.45) is 5.03. The molecule has 2 heteroatoms. The van der Waals surface area contributed by atoms with Crippen molar-refractivity contribution in [1.29, 1.82) is 0 Å². The van der Waals surface area contributed by atoms with Gasteiger partial charge < -0.3 is 5.11 Å². The third-order valence-corrected chi connectivity index (χ3v) is 3.07. The molecule has 2 atom stereocenters. The second-order valence-corrected chi connectivity index (χ2v) is 4.29.